The van der Waals surface area contributed by atoms with Gasteiger partial charge in [-0.3, -0.25) is 9.58 Å². The van der Waals surface area contributed by atoms with Crippen molar-refractivity contribution in [2.75, 3.05) is 32.5 Å². The van der Waals surface area contributed by atoms with Crippen molar-refractivity contribution in [3.05, 3.63) is 12.4 Å². The number of nitrogens with two attached hydrogens (primary N) is 1. The fourth-order valence-corrected chi connectivity index (χ4v) is 2.35. The van der Waals surface area contributed by atoms with Gasteiger partial charge in [-0.1, -0.05) is 6.92 Å². The lowest BCUT2D eigenvalue weighted by atomic mass is 9.96. The molecule has 0 aliphatic carbocycles. The van der Waals surface area contributed by atoms with Crippen LogP contribution in [0.2, 0.25) is 0 Å². The van der Waals surface area contributed by atoms with E-state index in [0.29, 0.717) is 12.0 Å². The second-order valence-electron chi connectivity index (χ2n) is 4.88. The van der Waals surface area contributed by atoms with Crippen LogP contribution in [0.4, 0.5) is 5.69 Å². The third-order valence-electron chi connectivity index (χ3n) is 3.57. The third kappa shape index (κ3) is 3.20. The largest absolute Gasteiger partial charge is 0.396 e. The van der Waals surface area contributed by atoms with Gasteiger partial charge in [0, 0.05) is 26.4 Å². The maximum atomic E-state index is 5.63. The minimum absolute atomic E-state index is 0.367. The Kier molecular flexibility index (Phi) is 4.02. The van der Waals surface area contributed by atoms with Crippen molar-refractivity contribution in [2.24, 2.45) is 5.92 Å². The van der Waals surface area contributed by atoms with Crippen molar-refractivity contribution in [3.8, 4) is 0 Å². The molecule has 0 spiro atoms. The maximum absolute atomic E-state index is 5.63. The minimum atomic E-state index is 0.367. The lowest BCUT2D eigenvalue weighted by Gasteiger charge is -2.36. The zero-order chi connectivity index (χ0) is 12.3. The predicted octanol–water partition coefficient (Wildman–Crippen LogP) is 0.822. The Morgan fingerprint density at radius 3 is 3.00 bits per heavy atom. The van der Waals surface area contributed by atoms with Gasteiger partial charge < -0.3 is 10.5 Å². The molecular formula is C12H22N4O. The zero-order valence-electron chi connectivity index (χ0n) is 10.7. The molecule has 2 heterocycles. The lowest BCUT2D eigenvalue weighted by Crippen LogP contribution is -2.44. The molecule has 5 nitrogen and oxygen atoms in total. The third-order valence-corrected chi connectivity index (χ3v) is 3.57. The summed E-state index contributed by atoms with van der Waals surface area (Å²) < 4.78 is 7.40. The van der Waals surface area contributed by atoms with Crippen molar-refractivity contribution in [3.63, 3.8) is 0 Å². The molecule has 1 aromatic rings. The first-order chi connectivity index (χ1) is 8.19. The average molecular weight is 238 g/mol. The number of hydrogen-bond acceptors (Lipinski definition) is 4. The van der Waals surface area contributed by atoms with Gasteiger partial charge in [0.2, 0.25) is 0 Å². The molecule has 2 unspecified atom stereocenters. The van der Waals surface area contributed by atoms with Crippen LogP contribution in [-0.4, -0.2) is 47.5 Å². The molecule has 0 saturated carbocycles. The Hall–Kier alpha value is -1.07. The standard InChI is InChI=1S/C12H22N4O/c1-10-3-4-15(9-12(10)17-2)5-6-16-8-11(13)7-14-16/h7-8,10,12H,3-6,9,13H2,1-2H3. The van der Waals surface area contributed by atoms with E-state index in [1.54, 1.807) is 13.3 Å². The van der Waals surface area contributed by atoms with Crippen LogP contribution in [0.1, 0.15) is 13.3 Å². The highest BCUT2D eigenvalue weighted by Gasteiger charge is 2.25. The van der Waals surface area contributed by atoms with E-state index in [0.717, 1.165) is 31.9 Å². The molecule has 2 N–H and O–H groups in total. The number of rotatable bonds is 4. The highest BCUT2D eigenvalue weighted by molar-refractivity contribution is 5.30. The fourth-order valence-electron chi connectivity index (χ4n) is 2.35. The second-order valence-corrected chi connectivity index (χ2v) is 4.88. The summed E-state index contributed by atoms with van der Waals surface area (Å²) in [6.07, 6.45) is 5.14. The minimum Gasteiger partial charge on any atom is -0.396 e. The van der Waals surface area contributed by atoms with Crippen LogP contribution in [0, 0.1) is 5.92 Å². The number of anilines is 1. The molecule has 1 aromatic heterocycles. The summed E-state index contributed by atoms with van der Waals surface area (Å²) in [5, 5.41) is 4.19. The van der Waals surface area contributed by atoms with Crippen LogP contribution < -0.4 is 5.73 Å². The molecule has 2 rings (SSSR count). The van der Waals surface area contributed by atoms with Gasteiger partial charge in [0.1, 0.15) is 0 Å². The van der Waals surface area contributed by atoms with Crippen molar-refractivity contribution in [2.45, 2.75) is 26.0 Å². The SMILES string of the molecule is COC1CN(CCn2cc(N)cn2)CCC1C. The van der Waals surface area contributed by atoms with Gasteiger partial charge >= 0.3 is 0 Å². The first-order valence-corrected chi connectivity index (χ1v) is 6.22. The summed E-state index contributed by atoms with van der Waals surface area (Å²) in [5.74, 6) is 0.664. The Balaban J connectivity index is 1.80. The van der Waals surface area contributed by atoms with Crippen LogP contribution >= 0.6 is 0 Å². The number of nitrogen functional groups attached to an aromatic ring is 1. The van der Waals surface area contributed by atoms with Gasteiger partial charge in [0.05, 0.1) is 24.5 Å². The number of aromatic nitrogens is 2. The lowest BCUT2D eigenvalue weighted by molar-refractivity contribution is -0.00595. The number of nitrogens with zero attached hydrogens (tertiary/aromatic N) is 3. The predicted molar refractivity (Wildman–Crippen MR) is 67.7 cm³/mol. The van der Waals surface area contributed by atoms with Crippen LogP contribution in [0.5, 0.6) is 0 Å². The van der Waals surface area contributed by atoms with E-state index in [4.69, 9.17) is 10.5 Å². The molecule has 96 valence electrons. The molecule has 17 heavy (non-hydrogen) atoms. The summed E-state index contributed by atoms with van der Waals surface area (Å²) in [6, 6.07) is 0. The van der Waals surface area contributed by atoms with Crippen LogP contribution in [0.3, 0.4) is 0 Å². The van der Waals surface area contributed by atoms with Crippen molar-refractivity contribution in [1.82, 2.24) is 14.7 Å². The first kappa shape index (κ1) is 12.4. The Labute approximate surface area is 103 Å². The molecule has 0 radical (unpaired) electrons. The molecule has 1 aliphatic rings. The van der Waals surface area contributed by atoms with Crippen molar-refractivity contribution >= 4 is 5.69 Å². The molecule has 0 aromatic carbocycles. The van der Waals surface area contributed by atoms with Crippen LogP contribution in [-0.2, 0) is 11.3 Å². The van der Waals surface area contributed by atoms with Crippen LogP contribution in [0.25, 0.3) is 0 Å². The van der Waals surface area contributed by atoms with Gasteiger partial charge in [-0.25, -0.2) is 0 Å². The van der Waals surface area contributed by atoms with Crippen molar-refractivity contribution < 1.29 is 4.74 Å². The molecule has 1 saturated heterocycles. The van der Waals surface area contributed by atoms with E-state index in [9.17, 15) is 0 Å². The summed E-state index contributed by atoms with van der Waals surface area (Å²) in [7, 11) is 1.80. The van der Waals surface area contributed by atoms with E-state index in [2.05, 4.69) is 16.9 Å². The Morgan fingerprint density at radius 2 is 2.35 bits per heavy atom. The number of ether oxygens (including phenoxy) is 1. The van der Waals surface area contributed by atoms with E-state index < -0.39 is 0 Å². The Morgan fingerprint density at radius 1 is 1.53 bits per heavy atom. The quantitative estimate of drug-likeness (QED) is 0.844. The normalized spacial score (nSPS) is 26.2. The highest BCUT2D eigenvalue weighted by Crippen LogP contribution is 2.19. The molecule has 2 atom stereocenters. The van der Waals surface area contributed by atoms with Gasteiger partial charge in [0.15, 0.2) is 0 Å². The molecular weight excluding hydrogens is 216 g/mol. The zero-order valence-corrected chi connectivity index (χ0v) is 10.7. The topological polar surface area (TPSA) is 56.3 Å². The van der Waals surface area contributed by atoms with Crippen LogP contribution in [0.15, 0.2) is 12.4 Å². The summed E-state index contributed by atoms with van der Waals surface area (Å²) >= 11 is 0. The maximum Gasteiger partial charge on any atom is 0.0724 e. The molecule has 0 bridgehead atoms. The molecule has 1 aliphatic heterocycles. The molecule has 5 heteroatoms. The summed E-state index contributed by atoms with van der Waals surface area (Å²) in [4.78, 5) is 2.44. The number of likely N-dealkylation sites (tertiary alicyclic amines) is 1. The Bertz CT molecular complexity index is 352. The van der Waals surface area contributed by atoms with Gasteiger partial charge in [-0.15, -0.1) is 0 Å². The van der Waals surface area contributed by atoms with E-state index >= 15 is 0 Å². The van der Waals surface area contributed by atoms with Gasteiger partial charge in [-0.2, -0.15) is 5.10 Å². The number of methoxy groups -OCH3 is 1. The van der Waals surface area contributed by atoms with Gasteiger partial charge in [0.25, 0.3) is 0 Å². The van der Waals surface area contributed by atoms with Crippen molar-refractivity contribution in [1.29, 1.82) is 0 Å². The number of hydrogen-bond donors (Lipinski definition) is 1. The van der Waals surface area contributed by atoms with E-state index in [-0.39, 0.29) is 0 Å². The molecule has 0 amide bonds. The van der Waals surface area contributed by atoms with E-state index in [1.807, 2.05) is 10.9 Å². The second kappa shape index (κ2) is 5.51. The molecule has 1 fully saturated rings. The van der Waals surface area contributed by atoms with Gasteiger partial charge in [-0.05, 0) is 18.9 Å². The summed E-state index contributed by atoms with van der Waals surface area (Å²) in [5.41, 5.74) is 6.36. The smallest absolute Gasteiger partial charge is 0.0724 e. The van der Waals surface area contributed by atoms with E-state index in [1.165, 1.54) is 6.42 Å². The first-order valence-electron chi connectivity index (χ1n) is 6.22. The highest BCUT2D eigenvalue weighted by atomic mass is 16.5. The summed E-state index contributed by atoms with van der Waals surface area (Å²) in [6.45, 7) is 6.33. The average Bonchev–Trinajstić information content (AvgIpc) is 2.74. The fraction of sp³-hybridized carbons (Fsp3) is 0.750. The number of piperidine rings is 1. The monoisotopic (exact) mass is 238 g/mol.